The minimum Gasteiger partial charge on any atom is -0.374 e. The van der Waals surface area contributed by atoms with Crippen molar-refractivity contribution in [1.29, 1.82) is 0 Å². The maximum Gasteiger partial charge on any atom is 0.263 e. The van der Waals surface area contributed by atoms with Crippen LogP contribution in [0.15, 0.2) is 17.5 Å². The van der Waals surface area contributed by atoms with Crippen LogP contribution in [0.5, 0.6) is 0 Å². The highest BCUT2D eigenvalue weighted by Crippen LogP contribution is 2.22. The first kappa shape index (κ1) is 15.2. The first-order valence-corrected chi connectivity index (χ1v) is 8.16. The summed E-state index contributed by atoms with van der Waals surface area (Å²) in [6, 6.07) is 3.99. The molecule has 2 aromatic rings. The second kappa shape index (κ2) is 6.97. The number of carbonyl (C=O) groups excluding carboxylic acids is 1. The first-order valence-electron chi connectivity index (χ1n) is 6.46. The molecule has 6 heteroatoms. The molecule has 2 heterocycles. The highest BCUT2D eigenvalue weighted by Gasteiger charge is 2.18. The number of hydrogen-bond donors (Lipinski definition) is 1. The Kier molecular flexibility index (Phi) is 5.28. The number of amides is 1. The minimum atomic E-state index is -0.0990. The molecular weight excluding hydrogens is 292 g/mol. The number of thiazole rings is 1. The van der Waals surface area contributed by atoms with Crippen LogP contribution in [0.2, 0.25) is 0 Å². The standard InChI is InChI=1S/C14H18N2O2S2/c1-4-10-13(20-9(2)16-10)14(17)15-8-11(18-3)12-6-5-7-19-12/h5-7,11H,4,8H2,1-3H3,(H,15,17)/t11-/m0/s1. The Morgan fingerprint density at radius 2 is 2.35 bits per heavy atom. The van der Waals surface area contributed by atoms with E-state index in [1.54, 1.807) is 18.4 Å². The molecule has 20 heavy (non-hydrogen) atoms. The summed E-state index contributed by atoms with van der Waals surface area (Å²) < 4.78 is 5.43. The SMILES string of the molecule is CCc1nc(C)sc1C(=O)NC[C@H](OC)c1cccs1. The number of aromatic nitrogens is 1. The topological polar surface area (TPSA) is 51.2 Å². The molecule has 0 saturated carbocycles. The smallest absolute Gasteiger partial charge is 0.263 e. The second-order valence-electron chi connectivity index (χ2n) is 4.31. The number of aryl methyl sites for hydroxylation is 2. The summed E-state index contributed by atoms with van der Waals surface area (Å²) in [5, 5.41) is 5.87. The van der Waals surface area contributed by atoms with Gasteiger partial charge in [0.2, 0.25) is 0 Å². The van der Waals surface area contributed by atoms with E-state index < -0.39 is 0 Å². The highest BCUT2D eigenvalue weighted by atomic mass is 32.1. The lowest BCUT2D eigenvalue weighted by molar-refractivity contribution is 0.0840. The molecule has 0 aliphatic heterocycles. The van der Waals surface area contributed by atoms with Gasteiger partial charge in [0.05, 0.1) is 10.7 Å². The van der Waals surface area contributed by atoms with Gasteiger partial charge in [-0.05, 0) is 24.8 Å². The summed E-state index contributed by atoms with van der Waals surface area (Å²) in [5.74, 6) is -0.0638. The predicted molar refractivity (Wildman–Crippen MR) is 82.6 cm³/mol. The van der Waals surface area contributed by atoms with Gasteiger partial charge in [0.1, 0.15) is 11.0 Å². The van der Waals surface area contributed by atoms with Crippen LogP contribution in [-0.2, 0) is 11.2 Å². The number of thiophene rings is 1. The summed E-state index contributed by atoms with van der Waals surface area (Å²) in [6.07, 6.45) is 0.671. The maximum absolute atomic E-state index is 12.2. The van der Waals surface area contributed by atoms with Gasteiger partial charge in [0, 0.05) is 18.5 Å². The molecule has 0 bridgehead atoms. The number of hydrogen-bond acceptors (Lipinski definition) is 5. The van der Waals surface area contributed by atoms with Crippen LogP contribution in [0, 0.1) is 6.92 Å². The molecular formula is C14H18N2O2S2. The number of carbonyl (C=O) groups is 1. The molecule has 1 atom stereocenters. The van der Waals surface area contributed by atoms with E-state index in [2.05, 4.69) is 10.3 Å². The van der Waals surface area contributed by atoms with E-state index in [0.29, 0.717) is 11.4 Å². The summed E-state index contributed by atoms with van der Waals surface area (Å²) in [6.45, 7) is 4.40. The molecule has 0 fully saturated rings. The summed E-state index contributed by atoms with van der Waals surface area (Å²) in [7, 11) is 1.66. The zero-order chi connectivity index (χ0) is 14.5. The molecule has 2 rings (SSSR count). The molecule has 0 aliphatic carbocycles. The van der Waals surface area contributed by atoms with Gasteiger partial charge in [-0.1, -0.05) is 13.0 Å². The number of methoxy groups -OCH3 is 1. The van der Waals surface area contributed by atoms with Crippen LogP contribution in [0.3, 0.4) is 0 Å². The third kappa shape index (κ3) is 3.45. The summed E-state index contributed by atoms with van der Waals surface area (Å²) in [5.41, 5.74) is 0.870. The van der Waals surface area contributed by atoms with Gasteiger partial charge in [-0.2, -0.15) is 0 Å². The molecule has 0 aromatic carbocycles. The second-order valence-corrected chi connectivity index (χ2v) is 6.49. The Hall–Kier alpha value is -1.24. The fraction of sp³-hybridized carbons (Fsp3) is 0.429. The zero-order valence-electron chi connectivity index (χ0n) is 11.8. The van der Waals surface area contributed by atoms with E-state index in [-0.39, 0.29) is 12.0 Å². The van der Waals surface area contributed by atoms with Crippen molar-refractivity contribution in [3.05, 3.63) is 38.0 Å². The van der Waals surface area contributed by atoms with Gasteiger partial charge in [-0.25, -0.2) is 4.98 Å². The average Bonchev–Trinajstić information content (AvgIpc) is 3.08. The molecule has 108 valence electrons. The van der Waals surface area contributed by atoms with Crippen molar-refractivity contribution in [2.45, 2.75) is 26.4 Å². The fourth-order valence-corrected chi connectivity index (χ4v) is 3.65. The van der Waals surface area contributed by atoms with Crippen molar-refractivity contribution in [3.63, 3.8) is 0 Å². The van der Waals surface area contributed by atoms with Gasteiger partial charge in [-0.3, -0.25) is 4.79 Å². The van der Waals surface area contributed by atoms with E-state index in [4.69, 9.17) is 4.74 Å². The van der Waals surface area contributed by atoms with Crippen molar-refractivity contribution in [1.82, 2.24) is 10.3 Å². The van der Waals surface area contributed by atoms with Gasteiger partial charge < -0.3 is 10.1 Å². The molecule has 0 saturated heterocycles. The van der Waals surface area contributed by atoms with E-state index in [1.807, 2.05) is 31.4 Å². The third-order valence-corrected chi connectivity index (χ3v) is 4.91. The normalized spacial score (nSPS) is 12.3. The van der Waals surface area contributed by atoms with Crippen molar-refractivity contribution < 1.29 is 9.53 Å². The lowest BCUT2D eigenvalue weighted by Gasteiger charge is -2.14. The molecule has 0 spiro atoms. The lowest BCUT2D eigenvalue weighted by atomic mass is 10.2. The largest absolute Gasteiger partial charge is 0.374 e. The van der Waals surface area contributed by atoms with Gasteiger partial charge >= 0.3 is 0 Å². The third-order valence-electron chi connectivity index (χ3n) is 2.94. The van der Waals surface area contributed by atoms with E-state index in [9.17, 15) is 4.79 Å². The van der Waals surface area contributed by atoms with Crippen LogP contribution in [-0.4, -0.2) is 24.5 Å². The van der Waals surface area contributed by atoms with E-state index in [0.717, 1.165) is 22.0 Å². The van der Waals surface area contributed by atoms with Gasteiger partial charge in [0.25, 0.3) is 5.91 Å². The number of rotatable bonds is 6. The molecule has 0 aliphatic rings. The van der Waals surface area contributed by atoms with Crippen LogP contribution < -0.4 is 5.32 Å². The molecule has 2 aromatic heterocycles. The lowest BCUT2D eigenvalue weighted by Crippen LogP contribution is -2.28. The highest BCUT2D eigenvalue weighted by molar-refractivity contribution is 7.13. The molecule has 1 N–H and O–H groups in total. The van der Waals surface area contributed by atoms with Gasteiger partial charge in [0.15, 0.2) is 0 Å². The maximum atomic E-state index is 12.2. The quantitative estimate of drug-likeness (QED) is 0.891. The number of ether oxygens (including phenoxy) is 1. The van der Waals surface area contributed by atoms with Crippen molar-refractivity contribution in [2.75, 3.05) is 13.7 Å². The first-order chi connectivity index (χ1) is 9.65. The Morgan fingerprint density at radius 1 is 1.55 bits per heavy atom. The monoisotopic (exact) mass is 310 g/mol. The number of nitrogens with zero attached hydrogens (tertiary/aromatic N) is 1. The minimum absolute atomic E-state index is 0.0638. The van der Waals surface area contributed by atoms with Crippen LogP contribution in [0.4, 0.5) is 0 Å². The van der Waals surface area contributed by atoms with Crippen LogP contribution in [0.25, 0.3) is 0 Å². The van der Waals surface area contributed by atoms with Crippen molar-refractivity contribution in [2.24, 2.45) is 0 Å². The molecule has 0 radical (unpaired) electrons. The fourth-order valence-electron chi connectivity index (χ4n) is 1.93. The molecule has 0 unspecified atom stereocenters. The summed E-state index contributed by atoms with van der Waals surface area (Å²) >= 11 is 3.07. The van der Waals surface area contributed by atoms with Gasteiger partial charge in [-0.15, -0.1) is 22.7 Å². The summed E-state index contributed by atoms with van der Waals surface area (Å²) in [4.78, 5) is 18.4. The van der Waals surface area contributed by atoms with E-state index in [1.165, 1.54) is 11.3 Å². The van der Waals surface area contributed by atoms with Crippen LogP contribution >= 0.6 is 22.7 Å². The van der Waals surface area contributed by atoms with Crippen molar-refractivity contribution in [3.8, 4) is 0 Å². The van der Waals surface area contributed by atoms with Crippen LogP contribution in [0.1, 0.15) is 38.3 Å². The Balaban J connectivity index is 2.01. The van der Waals surface area contributed by atoms with Crippen molar-refractivity contribution >= 4 is 28.6 Å². The number of nitrogens with one attached hydrogen (secondary N) is 1. The molecule has 1 amide bonds. The average molecular weight is 310 g/mol. The molecule has 4 nitrogen and oxygen atoms in total. The Bertz CT molecular complexity index is 564. The Morgan fingerprint density at radius 3 is 2.95 bits per heavy atom. The zero-order valence-corrected chi connectivity index (χ0v) is 13.4. The Labute approximate surface area is 126 Å². The predicted octanol–water partition coefficient (Wildman–Crippen LogP) is 3.19. The van der Waals surface area contributed by atoms with E-state index >= 15 is 0 Å².